The molecule has 0 spiro atoms. The highest BCUT2D eigenvalue weighted by Gasteiger charge is 2.19. The number of hydrogen-bond acceptors (Lipinski definition) is 9. The van der Waals surface area contributed by atoms with Gasteiger partial charge in [0.15, 0.2) is 28.5 Å². The highest BCUT2D eigenvalue weighted by molar-refractivity contribution is 6.32. The smallest absolute Gasteiger partial charge is 0.227 e. The molecule has 0 amide bonds. The van der Waals surface area contributed by atoms with Crippen LogP contribution >= 0.6 is 11.6 Å². The number of hydrogen-bond donors (Lipinski definition) is 5. The Kier molecular flexibility index (Phi) is 6.23. The van der Waals surface area contributed by atoms with Gasteiger partial charge in [0.05, 0.1) is 17.7 Å². The number of fused-ring (bicyclic) bond motifs is 1. The van der Waals surface area contributed by atoms with E-state index < -0.39 is 0 Å². The van der Waals surface area contributed by atoms with Crippen LogP contribution < -0.4 is 10.6 Å². The average Bonchev–Trinajstić information content (AvgIpc) is 3.12. The molecule has 10 nitrogen and oxygen atoms in total. The zero-order valence-corrected chi connectivity index (χ0v) is 17.1. The normalized spacial score (nSPS) is 12.5. The van der Waals surface area contributed by atoms with Crippen molar-refractivity contribution in [2.24, 2.45) is 5.92 Å². The molecule has 0 fully saturated rings. The second-order valence-electron chi connectivity index (χ2n) is 6.91. The molecule has 0 radical (unpaired) electrons. The van der Waals surface area contributed by atoms with Crippen LogP contribution in [0, 0.1) is 5.92 Å². The minimum atomic E-state index is -0.374. The van der Waals surface area contributed by atoms with E-state index in [2.05, 4.69) is 30.9 Å². The van der Waals surface area contributed by atoms with Crippen molar-refractivity contribution in [3.63, 3.8) is 0 Å². The number of nitrogens with one attached hydrogen (secondary N) is 2. The summed E-state index contributed by atoms with van der Waals surface area (Å²) in [4.78, 5) is 8.97. The van der Waals surface area contributed by atoms with Gasteiger partial charge in [0, 0.05) is 18.7 Å². The molecule has 5 N–H and O–H groups in total. The Morgan fingerprint density at radius 1 is 1.17 bits per heavy atom. The van der Waals surface area contributed by atoms with Crippen LogP contribution in [0.15, 0.2) is 12.1 Å². The number of phenolic OH excluding ortho intramolecular Hbond substituents is 2. The van der Waals surface area contributed by atoms with Gasteiger partial charge in [0.2, 0.25) is 5.95 Å². The minimum Gasteiger partial charge on any atom is -0.504 e. The lowest BCUT2D eigenvalue weighted by Crippen LogP contribution is -2.30. The Bertz CT molecular complexity index is 1010. The van der Waals surface area contributed by atoms with Gasteiger partial charge in [-0.1, -0.05) is 36.7 Å². The minimum absolute atomic E-state index is 0.0644. The predicted octanol–water partition coefficient (Wildman–Crippen LogP) is 2.35. The van der Waals surface area contributed by atoms with E-state index in [1.807, 2.05) is 20.8 Å². The topological polar surface area (TPSA) is 141 Å². The lowest BCUT2D eigenvalue weighted by molar-refractivity contribution is 0.248. The molecule has 11 heteroatoms. The van der Waals surface area contributed by atoms with Crippen molar-refractivity contribution in [2.75, 3.05) is 17.2 Å². The number of anilines is 2. The number of phenols is 2. The van der Waals surface area contributed by atoms with Crippen molar-refractivity contribution in [1.29, 1.82) is 0 Å². The maximum absolute atomic E-state index is 10.1. The zero-order chi connectivity index (χ0) is 21.1. The standard InChI is InChI=1S/C18H24ClN7O3/c1-4-26-17-13(24-25-26)16(22-18(23-17)21-12(8-27)9(2)3)20-7-10-5-6-11(19)15(29)14(10)28/h5-6,9,12,27-29H,4,7-8H2,1-3H3,(H2,20,21,22,23). The molecule has 0 aliphatic heterocycles. The molecule has 0 aliphatic rings. The molecular weight excluding hydrogens is 398 g/mol. The third-order valence-electron chi connectivity index (χ3n) is 4.61. The SMILES string of the molecule is CCn1nnc2c(NCc3ccc(Cl)c(O)c3O)nc(NC(CO)C(C)C)nc21. The molecule has 2 aromatic heterocycles. The number of aliphatic hydroxyl groups excluding tert-OH is 1. The summed E-state index contributed by atoms with van der Waals surface area (Å²) in [6, 6.07) is 2.88. The summed E-state index contributed by atoms with van der Waals surface area (Å²) in [5.41, 5.74) is 1.45. The first-order chi connectivity index (χ1) is 13.8. The fraction of sp³-hybridized carbons (Fsp3) is 0.444. The number of rotatable bonds is 8. The van der Waals surface area contributed by atoms with Crippen molar-refractivity contribution >= 4 is 34.5 Å². The summed E-state index contributed by atoms with van der Waals surface area (Å²) in [5.74, 6) is 0.227. The van der Waals surface area contributed by atoms with Gasteiger partial charge in [-0.3, -0.25) is 0 Å². The second-order valence-corrected chi connectivity index (χ2v) is 7.32. The highest BCUT2D eigenvalue weighted by atomic mass is 35.5. The zero-order valence-electron chi connectivity index (χ0n) is 16.4. The summed E-state index contributed by atoms with van der Waals surface area (Å²) < 4.78 is 1.64. The number of aliphatic hydroxyl groups is 1. The fourth-order valence-electron chi connectivity index (χ4n) is 2.76. The molecule has 0 saturated carbocycles. The van der Waals surface area contributed by atoms with Crippen LogP contribution in [0.25, 0.3) is 11.2 Å². The quantitative estimate of drug-likeness (QED) is 0.346. The summed E-state index contributed by atoms with van der Waals surface area (Å²) in [6.07, 6.45) is 0. The summed E-state index contributed by atoms with van der Waals surface area (Å²) in [7, 11) is 0. The van der Waals surface area contributed by atoms with Crippen LogP contribution in [0.2, 0.25) is 5.02 Å². The van der Waals surface area contributed by atoms with Gasteiger partial charge in [0.1, 0.15) is 0 Å². The Morgan fingerprint density at radius 2 is 1.93 bits per heavy atom. The molecule has 3 rings (SSSR count). The first-order valence-corrected chi connectivity index (χ1v) is 9.65. The van der Waals surface area contributed by atoms with Gasteiger partial charge in [-0.25, -0.2) is 4.68 Å². The van der Waals surface area contributed by atoms with Crippen LogP contribution in [0.5, 0.6) is 11.5 Å². The highest BCUT2D eigenvalue weighted by Crippen LogP contribution is 2.36. The molecule has 2 heterocycles. The molecule has 0 bridgehead atoms. The van der Waals surface area contributed by atoms with Crippen LogP contribution in [-0.4, -0.2) is 52.9 Å². The van der Waals surface area contributed by atoms with E-state index in [0.29, 0.717) is 35.0 Å². The Balaban J connectivity index is 1.95. The average molecular weight is 422 g/mol. The van der Waals surface area contributed by atoms with Crippen molar-refractivity contribution < 1.29 is 15.3 Å². The van der Waals surface area contributed by atoms with Gasteiger partial charge in [-0.15, -0.1) is 5.10 Å². The van der Waals surface area contributed by atoms with Gasteiger partial charge >= 0.3 is 0 Å². The van der Waals surface area contributed by atoms with E-state index in [0.717, 1.165) is 0 Å². The molecule has 156 valence electrons. The number of aromatic nitrogens is 5. The van der Waals surface area contributed by atoms with Crippen molar-refractivity contribution in [3.8, 4) is 11.5 Å². The number of halogens is 1. The number of aromatic hydroxyl groups is 2. The molecule has 1 unspecified atom stereocenters. The largest absolute Gasteiger partial charge is 0.504 e. The van der Waals surface area contributed by atoms with Crippen LogP contribution in [-0.2, 0) is 13.1 Å². The molecule has 1 aromatic carbocycles. The molecular formula is C18H24ClN7O3. The van der Waals surface area contributed by atoms with Crippen molar-refractivity contribution in [3.05, 3.63) is 22.7 Å². The lowest BCUT2D eigenvalue weighted by Gasteiger charge is -2.20. The molecule has 3 aromatic rings. The Morgan fingerprint density at radius 3 is 2.59 bits per heavy atom. The lowest BCUT2D eigenvalue weighted by atomic mass is 10.1. The molecule has 29 heavy (non-hydrogen) atoms. The number of aryl methyl sites for hydroxylation is 1. The Labute approximate surface area is 172 Å². The summed E-state index contributed by atoms with van der Waals surface area (Å²) in [5, 5.41) is 44.1. The van der Waals surface area contributed by atoms with Gasteiger partial charge < -0.3 is 26.0 Å². The van der Waals surface area contributed by atoms with E-state index in [1.54, 1.807) is 10.7 Å². The van der Waals surface area contributed by atoms with Gasteiger partial charge in [-0.2, -0.15) is 9.97 Å². The third-order valence-corrected chi connectivity index (χ3v) is 4.92. The monoisotopic (exact) mass is 421 g/mol. The third kappa shape index (κ3) is 4.28. The van der Waals surface area contributed by atoms with Crippen LogP contribution in [0.4, 0.5) is 11.8 Å². The predicted molar refractivity (Wildman–Crippen MR) is 110 cm³/mol. The van der Waals surface area contributed by atoms with E-state index in [-0.39, 0.29) is 41.6 Å². The van der Waals surface area contributed by atoms with E-state index in [4.69, 9.17) is 11.6 Å². The molecule has 0 aliphatic carbocycles. The van der Waals surface area contributed by atoms with Crippen LogP contribution in [0.3, 0.4) is 0 Å². The first kappa shape index (κ1) is 20.9. The van der Waals surface area contributed by atoms with Crippen molar-refractivity contribution in [2.45, 2.75) is 39.9 Å². The maximum atomic E-state index is 10.1. The number of nitrogens with zero attached hydrogens (tertiary/aromatic N) is 5. The second kappa shape index (κ2) is 8.66. The number of benzene rings is 1. The molecule has 1 atom stereocenters. The van der Waals surface area contributed by atoms with Gasteiger partial charge in [0.25, 0.3) is 0 Å². The fourth-order valence-corrected chi connectivity index (χ4v) is 2.92. The maximum Gasteiger partial charge on any atom is 0.227 e. The van der Waals surface area contributed by atoms with E-state index in [1.165, 1.54) is 6.07 Å². The van der Waals surface area contributed by atoms with Crippen LogP contribution in [0.1, 0.15) is 26.3 Å². The summed E-state index contributed by atoms with van der Waals surface area (Å²) >= 11 is 5.81. The molecule has 0 saturated heterocycles. The van der Waals surface area contributed by atoms with E-state index in [9.17, 15) is 15.3 Å². The summed E-state index contributed by atoms with van der Waals surface area (Å²) in [6.45, 7) is 6.57. The first-order valence-electron chi connectivity index (χ1n) is 9.27. The van der Waals surface area contributed by atoms with Gasteiger partial charge in [-0.05, 0) is 18.9 Å². The Hall–Kier alpha value is -2.85. The van der Waals surface area contributed by atoms with E-state index >= 15 is 0 Å². The van der Waals surface area contributed by atoms with Crippen molar-refractivity contribution in [1.82, 2.24) is 25.0 Å².